The monoisotopic (exact) mass is 141 g/mol. The normalized spacial score (nSPS) is 48.0. The summed E-state index contributed by atoms with van der Waals surface area (Å²) in [5, 5.41) is 9.38. The van der Waals surface area contributed by atoms with Gasteiger partial charge in [0.15, 0.2) is 0 Å². The van der Waals surface area contributed by atoms with Gasteiger partial charge in [-0.25, -0.2) is 0 Å². The van der Waals surface area contributed by atoms with Crippen molar-refractivity contribution < 1.29 is 5.11 Å². The molecule has 1 saturated heterocycles. The van der Waals surface area contributed by atoms with Crippen molar-refractivity contribution in [3.05, 3.63) is 0 Å². The van der Waals surface area contributed by atoms with Gasteiger partial charge in [0.2, 0.25) is 0 Å². The maximum Gasteiger partial charge on any atom is 0.0558 e. The summed E-state index contributed by atoms with van der Waals surface area (Å²) in [5.41, 5.74) is 0. The van der Waals surface area contributed by atoms with Crippen molar-refractivity contribution in [2.45, 2.75) is 31.4 Å². The quantitative estimate of drug-likeness (QED) is 0.530. The van der Waals surface area contributed by atoms with Crippen LogP contribution < -0.4 is 0 Å². The molecular formula is C8H15NO. The summed E-state index contributed by atoms with van der Waals surface area (Å²) in [6, 6.07) is 0.689. The molecule has 1 aliphatic carbocycles. The molecule has 1 aliphatic heterocycles. The standard InChI is InChI=1S/C8H15NO/c1-9-5-6-2-7(9)4-8(10)3-6/h6-8,10H,2-5H2,1H3/t6-,7+,8-/m1/s1. The van der Waals surface area contributed by atoms with E-state index in [4.69, 9.17) is 0 Å². The van der Waals surface area contributed by atoms with E-state index in [0.717, 1.165) is 18.8 Å². The molecule has 2 bridgehead atoms. The van der Waals surface area contributed by atoms with Crippen LogP contribution in [0.5, 0.6) is 0 Å². The van der Waals surface area contributed by atoms with E-state index < -0.39 is 0 Å². The van der Waals surface area contributed by atoms with Gasteiger partial charge in [-0.1, -0.05) is 0 Å². The molecule has 2 nitrogen and oxygen atoms in total. The Labute approximate surface area is 61.8 Å². The van der Waals surface area contributed by atoms with E-state index in [9.17, 15) is 5.11 Å². The third-order valence-electron chi connectivity index (χ3n) is 2.92. The van der Waals surface area contributed by atoms with Gasteiger partial charge in [0, 0.05) is 12.6 Å². The molecule has 10 heavy (non-hydrogen) atoms. The molecule has 0 unspecified atom stereocenters. The van der Waals surface area contributed by atoms with E-state index in [-0.39, 0.29) is 6.10 Å². The SMILES string of the molecule is CN1C[C@H]2C[C@@H](O)C[C@@H]1C2. The molecule has 0 radical (unpaired) electrons. The van der Waals surface area contributed by atoms with Gasteiger partial charge in [0.1, 0.15) is 0 Å². The number of fused-ring (bicyclic) bond motifs is 2. The van der Waals surface area contributed by atoms with Gasteiger partial charge in [0.25, 0.3) is 0 Å². The maximum absolute atomic E-state index is 9.38. The van der Waals surface area contributed by atoms with Crippen LogP contribution in [0.2, 0.25) is 0 Å². The molecule has 0 aromatic rings. The van der Waals surface area contributed by atoms with Gasteiger partial charge in [0.05, 0.1) is 6.10 Å². The van der Waals surface area contributed by atoms with E-state index in [1.807, 2.05) is 0 Å². The van der Waals surface area contributed by atoms with E-state index in [1.54, 1.807) is 0 Å². The molecule has 2 aliphatic rings. The molecular weight excluding hydrogens is 126 g/mol. The lowest BCUT2D eigenvalue weighted by molar-refractivity contribution is 0.102. The highest BCUT2D eigenvalue weighted by atomic mass is 16.3. The van der Waals surface area contributed by atoms with Crippen LogP contribution in [0, 0.1) is 5.92 Å². The first-order chi connectivity index (χ1) is 4.75. The van der Waals surface area contributed by atoms with Gasteiger partial charge in [-0.05, 0) is 32.2 Å². The Morgan fingerprint density at radius 2 is 2.10 bits per heavy atom. The average Bonchev–Trinajstić information content (AvgIpc) is 2.07. The average molecular weight is 141 g/mol. The third-order valence-corrected chi connectivity index (χ3v) is 2.92. The highest BCUT2D eigenvalue weighted by Gasteiger charge is 2.36. The van der Waals surface area contributed by atoms with Crippen LogP contribution in [-0.4, -0.2) is 35.7 Å². The van der Waals surface area contributed by atoms with Crippen molar-refractivity contribution in [2.24, 2.45) is 5.92 Å². The third kappa shape index (κ3) is 0.956. The Morgan fingerprint density at radius 3 is 2.80 bits per heavy atom. The number of aliphatic hydroxyl groups is 1. The molecule has 1 saturated carbocycles. The predicted octanol–water partition coefficient (Wildman–Crippen LogP) is 0.461. The Kier molecular flexibility index (Phi) is 1.46. The molecule has 0 aromatic carbocycles. The second-order valence-corrected chi connectivity index (χ2v) is 3.82. The van der Waals surface area contributed by atoms with Crippen molar-refractivity contribution in [1.29, 1.82) is 0 Å². The van der Waals surface area contributed by atoms with Crippen molar-refractivity contribution in [3.8, 4) is 0 Å². The van der Waals surface area contributed by atoms with Crippen LogP contribution >= 0.6 is 0 Å². The Morgan fingerprint density at radius 1 is 1.30 bits per heavy atom. The molecule has 0 aromatic heterocycles. The number of hydrogen-bond acceptors (Lipinski definition) is 2. The topological polar surface area (TPSA) is 23.5 Å². The van der Waals surface area contributed by atoms with Gasteiger partial charge in [-0.3, -0.25) is 0 Å². The van der Waals surface area contributed by atoms with E-state index in [1.165, 1.54) is 13.0 Å². The van der Waals surface area contributed by atoms with Crippen molar-refractivity contribution in [3.63, 3.8) is 0 Å². The van der Waals surface area contributed by atoms with Crippen LogP contribution in [-0.2, 0) is 0 Å². The molecule has 2 heteroatoms. The van der Waals surface area contributed by atoms with Crippen LogP contribution in [0.1, 0.15) is 19.3 Å². The van der Waals surface area contributed by atoms with Gasteiger partial charge >= 0.3 is 0 Å². The predicted molar refractivity (Wildman–Crippen MR) is 39.8 cm³/mol. The molecule has 58 valence electrons. The lowest BCUT2D eigenvalue weighted by Gasteiger charge is -2.24. The molecule has 1 N–H and O–H groups in total. The fourth-order valence-electron chi connectivity index (χ4n) is 2.44. The number of likely N-dealkylation sites (tertiary alicyclic amines) is 1. The van der Waals surface area contributed by atoms with Gasteiger partial charge in [-0.2, -0.15) is 0 Å². The van der Waals surface area contributed by atoms with E-state index in [2.05, 4.69) is 11.9 Å². The van der Waals surface area contributed by atoms with E-state index >= 15 is 0 Å². The van der Waals surface area contributed by atoms with Crippen molar-refractivity contribution >= 4 is 0 Å². The maximum atomic E-state index is 9.38. The lowest BCUT2D eigenvalue weighted by atomic mass is 9.88. The zero-order valence-corrected chi connectivity index (χ0v) is 6.45. The van der Waals surface area contributed by atoms with Crippen molar-refractivity contribution in [1.82, 2.24) is 4.90 Å². The Balaban J connectivity index is 2.06. The smallest absolute Gasteiger partial charge is 0.0558 e. The van der Waals surface area contributed by atoms with Crippen LogP contribution in [0.15, 0.2) is 0 Å². The molecule has 2 fully saturated rings. The first-order valence-electron chi connectivity index (χ1n) is 4.14. The van der Waals surface area contributed by atoms with Crippen LogP contribution in [0.4, 0.5) is 0 Å². The summed E-state index contributed by atoms with van der Waals surface area (Å²) in [6.07, 6.45) is 3.37. The molecule has 2 rings (SSSR count). The fourth-order valence-corrected chi connectivity index (χ4v) is 2.44. The Bertz CT molecular complexity index is 132. The number of rotatable bonds is 0. The van der Waals surface area contributed by atoms with Gasteiger partial charge < -0.3 is 10.0 Å². The fraction of sp³-hybridized carbons (Fsp3) is 1.00. The zero-order valence-electron chi connectivity index (χ0n) is 6.45. The van der Waals surface area contributed by atoms with Crippen LogP contribution in [0.3, 0.4) is 0 Å². The second kappa shape index (κ2) is 2.21. The number of aliphatic hydroxyl groups excluding tert-OH is 1. The largest absolute Gasteiger partial charge is 0.393 e. The molecule has 0 amide bonds. The number of nitrogens with zero attached hydrogens (tertiary/aromatic N) is 1. The lowest BCUT2D eigenvalue weighted by Crippen LogP contribution is -2.29. The van der Waals surface area contributed by atoms with Gasteiger partial charge in [-0.15, -0.1) is 0 Å². The number of hydrogen-bond donors (Lipinski definition) is 1. The molecule has 3 atom stereocenters. The molecule has 0 spiro atoms. The zero-order chi connectivity index (χ0) is 7.14. The summed E-state index contributed by atoms with van der Waals surface area (Å²) in [7, 11) is 2.17. The summed E-state index contributed by atoms with van der Waals surface area (Å²) in [5.74, 6) is 0.791. The highest BCUT2D eigenvalue weighted by Crippen LogP contribution is 2.34. The first kappa shape index (κ1) is 6.62. The summed E-state index contributed by atoms with van der Waals surface area (Å²) in [6.45, 7) is 1.21. The minimum Gasteiger partial charge on any atom is -0.393 e. The Hall–Kier alpha value is -0.0800. The van der Waals surface area contributed by atoms with Crippen molar-refractivity contribution in [2.75, 3.05) is 13.6 Å². The summed E-state index contributed by atoms with van der Waals surface area (Å²) >= 11 is 0. The van der Waals surface area contributed by atoms with Crippen LogP contribution in [0.25, 0.3) is 0 Å². The molecule has 1 heterocycles. The summed E-state index contributed by atoms with van der Waals surface area (Å²) in [4.78, 5) is 2.39. The highest BCUT2D eigenvalue weighted by molar-refractivity contribution is 4.90. The summed E-state index contributed by atoms with van der Waals surface area (Å²) < 4.78 is 0. The minimum atomic E-state index is -0.00583. The minimum absolute atomic E-state index is 0.00583. The first-order valence-corrected chi connectivity index (χ1v) is 4.14. The van der Waals surface area contributed by atoms with E-state index in [0.29, 0.717) is 6.04 Å². The second-order valence-electron chi connectivity index (χ2n) is 3.82.